The molecule has 0 bridgehead atoms. The highest BCUT2D eigenvalue weighted by Gasteiger charge is 2.29. The lowest BCUT2D eigenvalue weighted by Gasteiger charge is -2.27. The molecule has 0 aromatic heterocycles. The van der Waals surface area contributed by atoms with Gasteiger partial charge in [-0.05, 0) is 36.5 Å². The minimum atomic E-state index is 0.0969. The number of carbonyl (C=O) groups is 1. The number of hydrogen-bond acceptors (Lipinski definition) is 2. The fraction of sp³-hybridized carbons (Fsp3) is 0.500. The molecule has 2 nitrogen and oxygen atoms in total. The van der Waals surface area contributed by atoms with E-state index in [1.165, 1.54) is 0 Å². The second-order valence-electron chi connectivity index (χ2n) is 4.59. The Bertz CT molecular complexity index is 367. The number of Topliss-reactive ketones (excluding diaryl/α,β-unsaturated/α-hetero) is 1. The van der Waals surface area contributed by atoms with Crippen LogP contribution in [-0.2, 0) is 4.79 Å². The second kappa shape index (κ2) is 4.69. The molecule has 0 N–H and O–H groups in total. The first-order valence-electron chi connectivity index (χ1n) is 5.89. The minimum Gasteiger partial charge on any atom is -0.497 e. The number of hydrogen-bond donors (Lipinski definition) is 0. The molecule has 0 unspecified atom stereocenters. The summed E-state index contributed by atoms with van der Waals surface area (Å²) < 4.78 is 5.13. The van der Waals surface area contributed by atoms with Gasteiger partial charge in [-0.3, -0.25) is 4.79 Å². The van der Waals surface area contributed by atoms with Crippen LogP contribution in [-0.4, -0.2) is 12.9 Å². The lowest BCUT2D eigenvalue weighted by Crippen LogP contribution is -2.24. The molecule has 0 saturated heterocycles. The van der Waals surface area contributed by atoms with Crippen LogP contribution in [0.25, 0.3) is 0 Å². The zero-order valence-corrected chi connectivity index (χ0v) is 9.90. The average molecular weight is 218 g/mol. The maximum absolute atomic E-state index is 11.9. The third-order valence-corrected chi connectivity index (χ3v) is 3.47. The molecule has 0 aliphatic heterocycles. The Hall–Kier alpha value is -1.31. The first-order valence-corrected chi connectivity index (χ1v) is 5.89. The maximum atomic E-state index is 11.9. The molecule has 0 heterocycles. The topological polar surface area (TPSA) is 26.3 Å². The van der Waals surface area contributed by atoms with Crippen LogP contribution in [0.15, 0.2) is 24.3 Å². The van der Waals surface area contributed by atoms with Crippen LogP contribution in [0.4, 0.5) is 0 Å². The molecule has 0 spiro atoms. The van der Waals surface area contributed by atoms with Crippen molar-refractivity contribution < 1.29 is 9.53 Å². The van der Waals surface area contributed by atoms with Gasteiger partial charge in [0.25, 0.3) is 0 Å². The molecule has 16 heavy (non-hydrogen) atoms. The van der Waals surface area contributed by atoms with E-state index in [0.717, 1.165) is 30.6 Å². The molecule has 2 heteroatoms. The SMILES string of the molecule is COc1ccc([C@@H]2C(=O)CCC[C@H]2C)cc1. The van der Waals surface area contributed by atoms with E-state index in [9.17, 15) is 4.79 Å². The fourth-order valence-corrected chi connectivity index (χ4v) is 2.56. The number of ketones is 1. The van der Waals surface area contributed by atoms with Gasteiger partial charge >= 0.3 is 0 Å². The Labute approximate surface area is 96.6 Å². The van der Waals surface area contributed by atoms with Crippen molar-refractivity contribution in [3.63, 3.8) is 0 Å². The molecule has 1 fully saturated rings. The van der Waals surface area contributed by atoms with E-state index in [1.54, 1.807) is 7.11 Å². The van der Waals surface area contributed by atoms with Gasteiger partial charge in [0, 0.05) is 12.3 Å². The smallest absolute Gasteiger partial charge is 0.140 e. The summed E-state index contributed by atoms with van der Waals surface area (Å²) in [5.74, 6) is 1.80. The molecule has 1 aliphatic carbocycles. The van der Waals surface area contributed by atoms with E-state index in [4.69, 9.17) is 4.74 Å². The van der Waals surface area contributed by atoms with E-state index in [1.807, 2.05) is 24.3 Å². The summed E-state index contributed by atoms with van der Waals surface area (Å²) in [5, 5.41) is 0. The highest BCUT2D eigenvalue weighted by molar-refractivity contribution is 5.86. The Morgan fingerprint density at radius 1 is 1.25 bits per heavy atom. The highest BCUT2D eigenvalue weighted by Crippen LogP contribution is 2.35. The molecule has 0 amide bonds. The molecule has 0 radical (unpaired) electrons. The fourth-order valence-electron chi connectivity index (χ4n) is 2.56. The van der Waals surface area contributed by atoms with Crippen molar-refractivity contribution in [3.05, 3.63) is 29.8 Å². The molecule has 86 valence electrons. The quantitative estimate of drug-likeness (QED) is 0.762. The molecule has 1 saturated carbocycles. The summed E-state index contributed by atoms with van der Waals surface area (Å²) >= 11 is 0. The third kappa shape index (κ3) is 2.11. The first kappa shape index (κ1) is 11.2. The number of ether oxygens (including phenoxy) is 1. The summed E-state index contributed by atoms with van der Waals surface area (Å²) in [6, 6.07) is 7.90. The molecule has 2 atom stereocenters. The third-order valence-electron chi connectivity index (χ3n) is 3.47. The number of rotatable bonds is 2. The van der Waals surface area contributed by atoms with Gasteiger partial charge in [-0.25, -0.2) is 0 Å². The highest BCUT2D eigenvalue weighted by atomic mass is 16.5. The van der Waals surface area contributed by atoms with Gasteiger partial charge < -0.3 is 4.74 Å². The number of carbonyl (C=O) groups excluding carboxylic acids is 1. The van der Waals surface area contributed by atoms with Gasteiger partial charge in [-0.15, -0.1) is 0 Å². The van der Waals surface area contributed by atoms with Crippen molar-refractivity contribution >= 4 is 5.78 Å². The van der Waals surface area contributed by atoms with Crippen molar-refractivity contribution in [3.8, 4) is 5.75 Å². The first-order chi connectivity index (χ1) is 7.72. The molecule has 1 aliphatic rings. The Kier molecular flexibility index (Phi) is 3.28. The van der Waals surface area contributed by atoms with Crippen LogP contribution in [0, 0.1) is 5.92 Å². The zero-order chi connectivity index (χ0) is 11.5. The van der Waals surface area contributed by atoms with Crippen molar-refractivity contribution in [2.45, 2.75) is 32.1 Å². The zero-order valence-electron chi connectivity index (χ0n) is 9.90. The largest absolute Gasteiger partial charge is 0.497 e. The van der Waals surface area contributed by atoms with Gasteiger partial charge in [-0.1, -0.05) is 19.1 Å². The maximum Gasteiger partial charge on any atom is 0.140 e. The predicted octanol–water partition coefficient (Wildman–Crippen LogP) is 3.17. The summed E-state index contributed by atoms with van der Waals surface area (Å²) in [6.07, 6.45) is 2.94. The van der Waals surface area contributed by atoms with Crippen molar-refractivity contribution in [2.24, 2.45) is 5.92 Å². The van der Waals surface area contributed by atoms with Gasteiger partial charge in [0.1, 0.15) is 11.5 Å². The van der Waals surface area contributed by atoms with Crippen molar-refractivity contribution in [1.82, 2.24) is 0 Å². The normalized spacial score (nSPS) is 25.5. The van der Waals surface area contributed by atoms with Crippen LogP contribution in [0.5, 0.6) is 5.75 Å². The molecule has 1 aromatic rings. The van der Waals surface area contributed by atoms with E-state index in [-0.39, 0.29) is 5.92 Å². The summed E-state index contributed by atoms with van der Waals surface area (Å²) in [4.78, 5) is 11.9. The van der Waals surface area contributed by atoms with Crippen LogP contribution in [0.1, 0.15) is 37.7 Å². The van der Waals surface area contributed by atoms with Gasteiger partial charge in [0.2, 0.25) is 0 Å². The second-order valence-corrected chi connectivity index (χ2v) is 4.59. The molecule has 1 aromatic carbocycles. The van der Waals surface area contributed by atoms with Crippen LogP contribution in [0.3, 0.4) is 0 Å². The summed E-state index contributed by atoms with van der Waals surface area (Å²) in [6.45, 7) is 2.17. The van der Waals surface area contributed by atoms with Crippen LogP contribution in [0.2, 0.25) is 0 Å². The standard InChI is InChI=1S/C14H18O2/c1-10-4-3-5-13(15)14(10)11-6-8-12(16-2)9-7-11/h6-10,14H,3-5H2,1-2H3/t10-,14-/m1/s1. The van der Waals surface area contributed by atoms with E-state index >= 15 is 0 Å². The van der Waals surface area contributed by atoms with Crippen molar-refractivity contribution in [2.75, 3.05) is 7.11 Å². The Morgan fingerprint density at radius 2 is 1.94 bits per heavy atom. The van der Waals surface area contributed by atoms with E-state index in [0.29, 0.717) is 11.7 Å². The Morgan fingerprint density at radius 3 is 2.50 bits per heavy atom. The molecular formula is C14H18O2. The number of benzene rings is 1. The molecular weight excluding hydrogens is 200 g/mol. The number of methoxy groups -OCH3 is 1. The Balaban J connectivity index is 2.23. The van der Waals surface area contributed by atoms with Gasteiger partial charge in [0.05, 0.1) is 7.11 Å². The minimum absolute atomic E-state index is 0.0969. The lowest BCUT2D eigenvalue weighted by molar-refractivity contribution is -0.123. The van der Waals surface area contributed by atoms with Crippen LogP contribution >= 0.6 is 0 Å². The lowest BCUT2D eigenvalue weighted by atomic mass is 9.75. The predicted molar refractivity (Wildman–Crippen MR) is 63.8 cm³/mol. The summed E-state index contributed by atoms with van der Waals surface area (Å²) in [5.41, 5.74) is 1.14. The monoisotopic (exact) mass is 218 g/mol. The van der Waals surface area contributed by atoms with Crippen LogP contribution < -0.4 is 4.74 Å². The average Bonchev–Trinajstić information content (AvgIpc) is 2.30. The van der Waals surface area contributed by atoms with Crippen molar-refractivity contribution in [1.29, 1.82) is 0 Å². The van der Waals surface area contributed by atoms with E-state index in [2.05, 4.69) is 6.92 Å². The molecule has 2 rings (SSSR count). The van der Waals surface area contributed by atoms with Gasteiger partial charge in [0.15, 0.2) is 0 Å². The van der Waals surface area contributed by atoms with Gasteiger partial charge in [-0.2, -0.15) is 0 Å². The van der Waals surface area contributed by atoms with E-state index < -0.39 is 0 Å². The summed E-state index contributed by atoms with van der Waals surface area (Å²) in [7, 11) is 1.66.